The first-order valence-corrected chi connectivity index (χ1v) is 8.49. The van der Waals surface area contributed by atoms with Crippen LogP contribution in [0.4, 0.5) is 0 Å². The van der Waals surface area contributed by atoms with Crippen LogP contribution >= 0.6 is 0 Å². The number of piperidine rings is 1. The van der Waals surface area contributed by atoms with Gasteiger partial charge in [0.05, 0.1) is 0 Å². The molecule has 3 heteroatoms. The van der Waals surface area contributed by atoms with Gasteiger partial charge in [0.25, 0.3) is 0 Å². The van der Waals surface area contributed by atoms with Crippen LogP contribution in [-0.4, -0.2) is 42.3 Å². The van der Waals surface area contributed by atoms with Crippen LogP contribution in [0.5, 0.6) is 0 Å². The summed E-state index contributed by atoms with van der Waals surface area (Å²) < 4.78 is 0. The number of rotatable bonds is 3. The normalized spacial score (nSPS) is 37.0. The summed E-state index contributed by atoms with van der Waals surface area (Å²) in [5.74, 6) is 1.94. The van der Waals surface area contributed by atoms with E-state index in [1.165, 1.54) is 38.6 Å². The molecule has 2 aliphatic rings. The molecule has 1 saturated heterocycles. The summed E-state index contributed by atoms with van der Waals surface area (Å²) in [6, 6.07) is 0.378. The number of aliphatic hydroxyl groups excluding tert-OH is 1. The molecule has 3 N–H and O–H groups in total. The van der Waals surface area contributed by atoms with Crippen molar-refractivity contribution in [2.45, 2.75) is 58.9 Å². The van der Waals surface area contributed by atoms with E-state index >= 15 is 0 Å². The van der Waals surface area contributed by atoms with Crippen molar-refractivity contribution in [2.75, 3.05) is 26.2 Å². The topological polar surface area (TPSA) is 49.5 Å². The maximum absolute atomic E-state index is 9.36. The minimum absolute atomic E-state index is 0.345. The highest BCUT2D eigenvalue weighted by atomic mass is 16.3. The van der Waals surface area contributed by atoms with Gasteiger partial charge in [-0.05, 0) is 61.8 Å². The lowest BCUT2D eigenvalue weighted by Crippen LogP contribution is -2.47. The lowest BCUT2D eigenvalue weighted by atomic mass is 9.67. The molecule has 0 spiro atoms. The van der Waals surface area contributed by atoms with E-state index in [0.717, 1.165) is 19.0 Å². The van der Waals surface area contributed by atoms with Gasteiger partial charge in [-0.1, -0.05) is 20.8 Å². The van der Waals surface area contributed by atoms with Crippen molar-refractivity contribution in [3.63, 3.8) is 0 Å². The number of likely N-dealkylation sites (tertiary alicyclic amines) is 1. The fraction of sp³-hybridized carbons (Fsp3) is 1.00. The van der Waals surface area contributed by atoms with Crippen molar-refractivity contribution in [1.29, 1.82) is 0 Å². The van der Waals surface area contributed by atoms with Gasteiger partial charge in [0.2, 0.25) is 0 Å². The predicted octanol–water partition coefficient (Wildman–Crippen LogP) is 2.48. The second kappa shape index (κ2) is 6.76. The van der Waals surface area contributed by atoms with Gasteiger partial charge in [0, 0.05) is 25.7 Å². The van der Waals surface area contributed by atoms with Crippen molar-refractivity contribution in [3.05, 3.63) is 0 Å². The van der Waals surface area contributed by atoms with Crippen LogP contribution in [0.15, 0.2) is 0 Å². The molecular weight excluding hydrogens is 248 g/mol. The average Bonchev–Trinajstić information content (AvgIpc) is 2.40. The largest absolute Gasteiger partial charge is 0.396 e. The highest BCUT2D eigenvalue weighted by Crippen LogP contribution is 2.40. The Morgan fingerprint density at radius 2 is 1.95 bits per heavy atom. The Morgan fingerprint density at radius 1 is 1.20 bits per heavy atom. The summed E-state index contributed by atoms with van der Waals surface area (Å²) in [6.45, 7) is 10.9. The molecule has 2 rings (SSSR count). The Labute approximate surface area is 124 Å². The Bertz CT molecular complexity index is 300. The zero-order valence-electron chi connectivity index (χ0n) is 13.6. The second-order valence-corrected chi connectivity index (χ2v) is 8.25. The average molecular weight is 282 g/mol. The van der Waals surface area contributed by atoms with E-state index in [2.05, 4.69) is 25.7 Å². The first-order chi connectivity index (χ1) is 9.40. The van der Waals surface area contributed by atoms with E-state index in [9.17, 15) is 5.11 Å². The molecule has 0 aromatic carbocycles. The number of hydrogen-bond donors (Lipinski definition) is 2. The predicted molar refractivity (Wildman–Crippen MR) is 84.5 cm³/mol. The summed E-state index contributed by atoms with van der Waals surface area (Å²) in [5, 5.41) is 9.36. The number of nitrogens with zero attached hydrogens (tertiary/aromatic N) is 1. The van der Waals surface area contributed by atoms with Crippen LogP contribution in [0.25, 0.3) is 0 Å². The third-order valence-corrected chi connectivity index (χ3v) is 5.62. The Hall–Kier alpha value is -0.120. The first-order valence-electron chi connectivity index (χ1n) is 8.49. The SMILES string of the molecule is CC(C)(C)C1CCC(N)C(CN2CCCC(CO)C2)C1. The standard InChI is InChI=1S/C17H34N2O/c1-17(2,3)15-6-7-16(18)14(9-15)11-19-8-4-5-13(10-19)12-20/h13-16,20H,4-12,18H2,1-3H3. The quantitative estimate of drug-likeness (QED) is 0.836. The highest BCUT2D eigenvalue weighted by molar-refractivity contribution is 4.89. The smallest absolute Gasteiger partial charge is 0.0471 e. The Balaban J connectivity index is 1.89. The monoisotopic (exact) mass is 282 g/mol. The lowest BCUT2D eigenvalue weighted by molar-refractivity contribution is 0.0690. The van der Waals surface area contributed by atoms with Gasteiger partial charge < -0.3 is 15.7 Å². The molecular formula is C17H34N2O. The Morgan fingerprint density at radius 3 is 2.60 bits per heavy atom. The zero-order chi connectivity index (χ0) is 14.8. The van der Waals surface area contributed by atoms with E-state index in [4.69, 9.17) is 5.73 Å². The number of hydrogen-bond acceptors (Lipinski definition) is 3. The molecule has 1 aliphatic carbocycles. The lowest BCUT2D eigenvalue weighted by Gasteiger charge is -2.43. The van der Waals surface area contributed by atoms with E-state index in [1.807, 2.05) is 0 Å². The number of aliphatic hydroxyl groups is 1. The summed E-state index contributed by atoms with van der Waals surface area (Å²) in [4.78, 5) is 2.56. The van der Waals surface area contributed by atoms with Gasteiger partial charge in [0.1, 0.15) is 0 Å². The maximum Gasteiger partial charge on any atom is 0.0471 e. The van der Waals surface area contributed by atoms with Gasteiger partial charge in [-0.2, -0.15) is 0 Å². The third kappa shape index (κ3) is 4.19. The minimum atomic E-state index is 0.345. The van der Waals surface area contributed by atoms with Crippen molar-refractivity contribution in [3.8, 4) is 0 Å². The highest BCUT2D eigenvalue weighted by Gasteiger charge is 2.35. The van der Waals surface area contributed by atoms with Crippen LogP contribution in [0.2, 0.25) is 0 Å². The van der Waals surface area contributed by atoms with Gasteiger partial charge >= 0.3 is 0 Å². The summed E-state index contributed by atoms with van der Waals surface area (Å²) >= 11 is 0. The molecule has 4 unspecified atom stereocenters. The molecule has 1 heterocycles. The molecule has 20 heavy (non-hydrogen) atoms. The van der Waals surface area contributed by atoms with Crippen molar-refractivity contribution >= 4 is 0 Å². The van der Waals surface area contributed by atoms with Crippen molar-refractivity contribution in [2.24, 2.45) is 28.9 Å². The first kappa shape index (κ1) is 16.3. The van der Waals surface area contributed by atoms with E-state index in [0.29, 0.717) is 29.9 Å². The van der Waals surface area contributed by atoms with Crippen molar-refractivity contribution in [1.82, 2.24) is 4.90 Å². The van der Waals surface area contributed by atoms with Crippen LogP contribution in [0.3, 0.4) is 0 Å². The molecule has 1 saturated carbocycles. The van der Waals surface area contributed by atoms with E-state index in [1.54, 1.807) is 0 Å². The van der Waals surface area contributed by atoms with E-state index < -0.39 is 0 Å². The van der Waals surface area contributed by atoms with Gasteiger partial charge in [-0.3, -0.25) is 0 Å². The molecule has 3 nitrogen and oxygen atoms in total. The second-order valence-electron chi connectivity index (χ2n) is 8.25. The molecule has 0 aromatic heterocycles. The molecule has 0 radical (unpaired) electrons. The van der Waals surface area contributed by atoms with Gasteiger partial charge in [-0.15, -0.1) is 0 Å². The fourth-order valence-electron chi connectivity index (χ4n) is 4.08. The molecule has 4 atom stereocenters. The van der Waals surface area contributed by atoms with Crippen LogP contribution in [0.1, 0.15) is 52.9 Å². The fourth-order valence-corrected chi connectivity index (χ4v) is 4.08. The van der Waals surface area contributed by atoms with Crippen molar-refractivity contribution < 1.29 is 5.11 Å². The molecule has 2 fully saturated rings. The maximum atomic E-state index is 9.36. The summed E-state index contributed by atoms with van der Waals surface area (Å²) in [5.41, 5.74) is 6.80. The van der Waals surface area contributed by atoms with E-state index in [-0.39, 0.29) is 0 Å². The molecule has 118 valence electrons. The Kier molecular flexibility index (Phi) is 5.49. The number of nitrogens with two attached hydrogens (primary N) is 1. The van der Waals surface area contributed by atoms with Crippen LogP contribution < -0.4 is 5.73 Å². The van der Waals surface area contributed by atoms with Gasteiger partial charge in [0.15, 0.2) is 0 Å². The summed E-state index contributed by atoms with van der Waals surface area (Å²) in [7, 11) is 0. The molecule has 1 aliphatic heterocycles. The van der Waals surface area contributed by atoms with Crippen LogP contribution in [0, 0.1) is 23.2 Å². The third-order valence-electron chi connectivity index (χ3n) is 5.62. The summed E-state index contributed by atoms with van der Waals surface area (Å²) in [6.07, 6.45) is 6.18. The molecule has 0 aromatic rings. The molecule has 0 amide bonds. The van der Waals surface area contributed by atoms with Gasteiger partial charge in [-0.25, -0.2) is 0 Å². The minimum Gasteiger partial charge on any atom is -0.396 e. The van der Waals surface area contributed by atoms with Crippen LogP contribution in [-0.2, 0) is 0 Å². The zero-order valence-corrected chi connectivity index (χ0v) is 13.6. The molecule has 0 bridgehead atoms.